The number of halogens is 3. The molecule has 2 rings (SSSR count). The van der Waals surface area contributed by atoms with Crippen molar-refractivity contribution in [2.45, 2.75) is 9.65 Å². The summed E-state index contributed by atoms with van der Waals surface area (Å²) in [6.07, 6.45) is 0. The van der Waals surface area contributed by atoms with Gasteiger partial charge in [-0.25, -0.2) is 0 Å². The van der Waals surface area contributed by atoms with E-state index >= 15 is 0 Å². The molecule has 0 spiro atoms. The summed E-state index contributed by atoms with van der Waals surface area (Å²) in [5.41, 5.74) is 1.22. The number of nitrogens with zero attached hydrogens (tertiary/aromatic N) is 1. The molecule has 4 nitrogen and oxygen atoms in total. The van der Waals surface area contributed by atoms with Crippen molar-refractivity contribution >= 4 is 54.9 Å². The molecule has 0 radical (unpaired) electrons. The smallest absolute Gasteiger partial charge is 0.269 e. The number of rotatable bonds is 5. The van der Waals surface area contributed by atoms with Gasteiger partial charge in [0.05, 0.1) is 14.6 Å². The highest BCUT2D eigenvalue weighted by Gasteiger charge is 2.26. The number of nitro groups is 1. The van der Waals surface area contributed by atoms with E-state index in [9.17, 15) is 14.9 Å². The molecule has 0 N–H and O–H groups in total. The van der Waals surface area contributed by atoms with Crippen LogP contribution in [0.2, 0.25) is 5.02 Å². The average Bonchev–Trinajstić information content (AvgIpc) is 2.52. The highest BCUT2D eigenvalue weighted by molar-refractivity contribution is 9.12. The standard InChI is InChI=1S/C15H10Br2ClNO3/c16-13(10-2-1-3-11(18)8-10)14(17)15(20)9-4-6-12(7-5-9)19(21)22/h1-8,13-14H. The molecular formula is C15H10Br2ClNO3. The zero-order chi connectivity index (χ0) is 16.3. The summed E-state index contributed by atoms with van der Waals surface area (Å²) < 4.78 is 0. The number of non-ortho nitro benzene ring substituents is 1. The summed E-state index contributed by atoms with van der Waals surface area (Å²) in [5, 5.41) is 11.2. The van der Waals surface area contributed by atoms with Gasteiger partial charge < -0.3 is 0 Å². The Balaban J connectivity index is 2.19. The van der Waals surface area contributed by atoms with Gasteiger partial charge in [-0.2, -0.15) is 0 Å². The Hall–Kier alpha value is -1.24. The molecule has 0 saturated heterocycles. The van der Waals surface area contributed by atoms with Gasteiger partial charge in [0, 0.05) is 22.7 Å². The van der Waals surface area contributed by atoms with Crippen LogP contribution >= 0.6 is 43.5 Å². The summed E-state index contributed by atoms with van der Waals surface area (Å²) in [4.78, 5) is 21.8. The van der Waals surface area contributed by atoms with Crippen LogP contribution in [0.15, 0.2) is 48.5 Å². The number of carbonyl (C=O) groups is 1. The maximum atomic E-state index is 12.4. The summed E-state index contributed by atoms with van der Waals surface area (Å²) in [6, 6.07) is 12.7. The Labute approximate surface area is 148 Å². The minimum absolute atomic E-state index is 0.0482. The molecule has 0 aliphatic heterocycles. The molecule has 22 heavy (non-hydrogen) atoms. The zero-order valence-electron chi connectivity index (χ0n) is 11.1. The van der Waals surface area contributed by atoms with Crippen LogP contribution < -0.4 is 0 Å². The van der Waals surface area contributed by atoms with Gasteiger partial charge in [-0.05, 0) is 29.8 Å². The van der Waals surface area contributed by atoms with Crippen molar-refractivity contribution in [3.8, 4) is 0 Å². The summed E-state index contributed by atoms with van der Waals surface area (Å²) in [7, 11) is 0. The fourth-order valence-corrected chi connectivity index (χ4v) is 3.18. The molecule has 0 bridgehead atoms. The van der Waals surface area contributed by atoms with Crippen molar-refractivity contribution in [1.29, 1.82) is 0 Å². The monoisotopic (exact) mass is 445 g/mol. The number of hydrogen-bond donors (Lipinski definition) is 0. The third-order valence-corrected chi connectivity index (χ3v) is 5.98. The van der Waals surface area contributed by atoms with Gasteiger partial charge in [0.1, 0.15) is 0 Å². The highest BCUT2D eigenvalue weighted by Crippen LogP contribution is 2.34. The summed E-state index contributed by atoms with van der Waals surface area (Å²) in [5.74, 6) is -0.170. The van der Waals surface area contributed by atoms with Crippen LogP contribution in [0.3, 0.4) is 0 Å². The molecule has 0 aliphatic rings. The topological polar surface area (TPSA) is 60.2 Å². The van der Waals surface area contributed by atoms with E-state index < -0.39 is 9.75 Å². The lowest BCUT2D eigenvalue weighted by Gasteiger charge is -2.16. The summed E-state index contributed by atoms with van der Waals surface area (Å²) in [6.45, 7) is 0. The Morgan fingerprint density at radius 3 is 2.32 bits per heavy atom. The number of alkyl halides is 2. The van der Waals surface area contributed by atoms with Crippen LogP contribution in [0.25, 0.3) is 0 Å². The predicted molar refractivity (Wildman–Crippen MR) is 93.3 cm³/mol. The maximum Gasteiger partial charge on any atom is 0.269 e. The van der Waals surface area contributed by atoms with Gasteiger partial charge in [0.15, 0.2) is 5.78 Å². The van der Waals surface area contributed by atoms with Crippen LogP contribution in [0.4, 0.5) is 5.69 Å². The Morgan fingerprint density at radius 1 is 1.14 bits per heavy atom. The van der Waals surface area contributed by atoms with E-state index in [4.69, 9.17) is 11.6 Å². The van der Waals surface area contributed by atoms with Crippen LogP contribution in [0, 0.1) is 10.1 Å². The molecule has 0 fully saturated rings. The lowest BCUT2D eigenvalue weighted by atomic mass is 10.0. The van der Waals surface area contributed by atoms with Gasteiger partial charge in [-0.3, -0.25) is 14.9 Å². The van der Waals surface area contributed by atoms with Crippen molar-refractivity contribution in [3.63, 3.8) is 0 Å². The van der Waals surface area contributed by atoms with E-state index in [1.165, 1.54) is 24.3 Å². The Bertz CT molecular complexity index is 706. The molecule has 2 aromatic rings. The van der Waals surface area contributed by atoms with Crippen molar-refractivity contribution in [2.75, 3.05) is 0 Å². The van der Waals surface area contributed by atoms with E-state index in [0.717, 1.165) is 5.56 Å². The molecule has 0 amide bonds. The van der Waals surface area contributed by atoms with Gasteiger partial charge in [-0.1, -0.05) is 55.6 Å². The second-order valence-electron chi connectivity index (χ2n) is 4.53. The SMILES string of the molecule is O=C(c1ccc([N+](=O)[O-])cc1)C(Br)C(Br)c1cccc(Cl)c1. The second kappa shape index (κ2) is 7.35. The lowest BCUT2D eigenvalue weighted by Crippen LogP contribution is -2.19. The fourth-order valence-electron chi connectivity index (χ4n) is 1.89. The zero-order valence-corrected chi connectivity index (χ0v) is 15.0. The number of nitro benzene ring substituents is 1. The number of Topliss-reactive ketones (excluding diaryl/α,β-unsaturated/α-hetero) is 1. The minimum atomic E-state index is -0.521. The quantitative estimate of drug-likeness (QED) is 0.269. The predicted octanol–water partition coefficient (Wildman–Crippen LogP) is 5.33. The molecular weight excluding hydrogens is 437 g/mol. The normalized spacial score (nSPS) is 13.4. The van der Waals surface area contributed by atoms with Crippen molar-refractivity contribution in [1.82, 2.24) is 0 Å². The Kier molecular flexibility index (Phi) is 5.72. The van der Waals surface area contributed by atoms with Gasteiger partial charge in [0.2, 0.25) is 0 Å². The van der Waals surface area contributed by atoms with E-state index in [-0.39, 0.29) is 16.3 Å². The first kappa shape index (κ1) is 17.1. The third-order valence-electron chi connectivity index (χ3n) is 3.04. The van der Waals surface area contributed by atoms with Crippen molar-refractivity contribution in [2.24, 2.45) is 0 Å². The van der Waals surface area contributed by atoms with Gasteiger partial charge in [-0.15, -0.1) is 0 Å². The van der Waals surface area contributed by atoms with Crippen molar-refractivity contribution in [3.05, 3.63) is 74.8 Å². The molecule has 114 valence electrons. The van der Waals surface area contributed by atoms with Crippen LogP contribution in [-0.2, 0) is 0 Å². The largest absolute Gasteiger partial charge is 0.293 e. The number of hydrogen-bond acceptors (Lipinski definition) is 3. The molecule has 2 atom stereocenters. The molecule has 0 saturated carbocycles. The van der Waals surface area contributed by atoms with Crippen LogP contribution in [0.1, 0.15) is 20.7 Å². The molecule has 0 aliphatic carbocycles. The van der Waals surface area contributed by atoms with Crippen molar-refractivity contribution < 1.29 is 9.72 Å². The average molecular weight is 448 g/mol. The van der Waals surface area contributed by atoms with Crippen LogP contribution in [0.5, 0.6) is 0 Å². The third kappa shape index (κ3) is 3.94. The number of carbonyl (C=O) groups excluding carboxylic acids is 1. The van der Waals surface area contributed by atoms with E-state index in [0.29, 0.717) is 10.6 Å². The molecule has 0 aromatic heterocycles. The second-order valence-corrected chi connectivity index (χ2v) is 6.94. The first-order valence-corrected chi connectivity index (χ1v) is 8.43. The number of benzene rings is 2. The molecule has 7 heteroatoms. The van der Waals surface area contributed by atoms with E-state index in [2.05, 4.69) is 31.9 Å². The van der Waals surface area contributed by atoms with E-state index in [1.807, 2.05) is 12.1 Å². The van der Waals surface area contributed by atoms with Gasteiger partial charge >= 0.3 is 0 Å². The van der Waals surface area contributed by atoms with E-state index in [1.54, 1.807) is 12.1 Å². The number of ketones is 1. The Morgan fingerprint density at radius 2 is 1.77 bits per heavy atom. The molecule has 2 unspecified atom stereocenters. The first-order valence-electron chi connectivity index (χ1n) is 6.22. The lowest BCUT2D eigenvalue weighted by molar-refractivity contribution is -0.384. The molecule has 2 aromatic carbocycles. The highest BCUT2D eigenvalue weighted by atomic mass is 79.9. The van der Waals surface area contributed by atoms with Gasteiger partial charge in [0.25, 0.3) is 5.69 Å². The fraction of sp³-hybridized carbons (Fsp3) is 0.133. The van der Waals surface area contributed by atoms with Crippen LogP contribution in [-0.4, -0.2) is 15.5 Å². The molecule has 0 heterocycles. The first-order chi connectivity index (χ1) is 10.4. The minimum Gasteiger partial charge on any atom is -0.293 e. The summed E-state index contributed by atoms with van der Waals surface area (Å²) >= 11 is 12.8. The maximum absolute atomic E-state index is 12.4.